The minimum absolute atomic E-state index is 0.172. The molecule has 0 bridgehead atoms. The third-order valence-electron chi connectivity index (χ3n) is 5.94. The highest BCUT2D eigenvalue weighted by atomic mass is 16.5. The Kier molecular flexibility index (Phi) is 8.30. The van der Waals surface area contributed by atoms with Crippen molar-refractivity contribution in [3.05, 3.63) is 23.8 Å². The summed E-state index contributed by atoms with van der Waals surface area (Å²) in [6.07, 6.45) is 0.664. The van der Waals surface area contributed by atoms with Gasteiger partial charge in [-0.25, -0.2) is 0 Å². The largest absolute Gasteiger partial charge is 0.493 e. The monoisotopic (exact) mass is 402 g/mol. The van der Waals surface area contributed by atoms with E-state index in [9.17, 15) is 10.1 Å². The van der Waals surface area contributed by atoms with Gasteiger partial charge in [0.25, 0.3) is 0 Å². The third-order valence-corrected chi connectivity index (χ3v) is 5.94. The second-order valence-electron chi connectivity index (χ2n) is 7.22. The number of carbonyl (C=O) groups excluding carboxylic acids is 1. The molecule has 1 unspecified atom stereocenters. The summed E-state index contributed by atoms with van der Waals surface area (Å²) in [5.41, 5.74) is 0.182. The van der Waals surface area contributed by atoms with Crippen LogP contribution in [0, 0.1) is 11.3 Å². The molecule has 2 rings (SSSR count). The summed E-state index contributed by atoms with van der Waals surface area (Å²) in [7, 11) is 3.21. The van der Waals surface area contributed by atoms with E-state index in [1.165, 1.54) is 0 Å². The smallest absolute Gasteiger partial charge is 0.236 e. The summed E-state index contributed by atoms with van der Waals surface area (Å²) in [5, 5.41) is 10.2. The van der Waals surface area contributed by atoms with Crippen LogP contribution in [0.1, 0.15) is 32.8 Å². The molecule has 0 saturated carbocycles. The minimum atomic E-state index is -0.728. The van der Waals surface area contributed by atoms with Crippen LogP contribution in [0.4, 0.5) is 0 Å². The highest BCUT2D eigenvalue weighted by molar-refractivity contribution is 5.78. The second-order valence-corrected chi connectivity index (χ2v) is 7.22. The first-order chi connectivity index (χ1) is 14.0. The molecular formula is C22H34N4O3. The molecule has 29 heavy (non-hydrogen) atoms. The summed E-state index contributed by atoms with van der Waals surface area (Å²) in [6.45, 7) is 11.0. The molecular weight excluding hydrogens is 368 g/mol. The molecule has 1 atom stereocenters. The molecule has 7 heteroatoms. The molecule has 0 radical (unpaired) electrons. The van der Waals surface area contributed by atoms with Crippen molar-refractivity contribution in [3.8, 4) is 17.6 Å². The molecule has 0 N–H and O–H groups in total. The van der Waals surface area contributed by atoms with E-state index >= 15 is 0 Å². The summed E-state index contributed by atoms with van der Waals surface area (Å²) in [6, 6.07) is 8.28. The molecule has 1 heterocycles. The Morgan fingerprint density at radius 3 is 2.21 bits per heavy atom. The van der Waals surface area contributed by atoms with Crippen LogP contribution in [-0.2, 0) is 10.3 Å². The van der Waals surface area contributed by atoms with Crippen LogP contribution in [0.5, 0.6) is 11.5 Å². The normalized spacial score (nSPS) is 17.2. The topological polar surface area (TPSA) is 69.0 Å². The number of hydrogen-bond donors (Lipinski definition) is 0. The van der Waals surface area contributed by atoms with Crippen LogP contribution < -0.4 is 9.47 Å². The molecule has 1 fully saturated rings. The fraction of sp³-hybridized carbons (Fsp3) is 0.636. The zero-order valence-corrected chi connectivity index (χ0v) is 18.4. The minimum Gasteiger partial charge on any atom is -0.493 e. The van der Waals surface area contributed by atoms with Gasteiger partial charge in [-0.15, -0.1) is 0 Å². The Morgan fingerprint density at radius 1 is 1.10 bits per heavy atom. The van der Waals surface area contributed by atoms with Crippen LogP contribution in [0.25, 0.3) is 0 Å². The zero-order valence-electron chi connectivity index (χ0n) is 18.4. The number of ether oxygens (including phenoxy) is 2. The molecule has 0 spiro atoms. The number of piperazine rings is 1. The van der Waals surface area contributed by atoms with Crippen molar-refractivity contribution >= 4 is 5.91 Å². The van der Waals surface area contributed by atoms with Crippen LogP contribution >= 0.6 is 0 Å². The van der Waals surface area contributed by atoms with Gasteiger partial charge in [0, 0.05) is 39.3 Å². The number of nitriles is 1. The molecule has 1 amide bonds. The number of methoxy groups -OCH3 is 2. The van der Waals surface area contributed by atoms with Crippen molar-refractivity contribution in [2.75, 3.05) is 60.0 Å². The lowest BCUT2D eigenvalue weighted by atomic mass is 9.86. The summed E-state index contributed by atoms with van der Waals surface area (Å²) in [5.74, 6) is 1.45. The van der Waals surface area contributed by atoms with E-state index in [1.54, 1.807) is 14.2 Å². The second kappa shape index (κ2) is 10.5. The molecule has 0 aliphatic carbocycles. The molecule has 7 nitrogen and oxygen atoms in total. The first-order valence-corrected chi connectivity index (χ1v) is 10.4. The summed E-state index contributed by atoms with van der Waals surface area (Å²) < 4.78 is 10.8. The van der Waals surface area contributed by atoms with E-state index in [1.807, 2.05) is 43.9 Å². The lowest BCUT2D eigenvalue weighted by Crippen LogP contribution is -2.56. The maximum absolute atomic E-state index is 12.4. The van der Waals surface area contributed by atoms with Gasteiger partial charge in [0.15, 0.2) is 11.5 Å². The average molecular weight is 403 g/mol. The summed E-state index contributed by atoms with van der Waals surface area (Å²) in [4.78, 5) is 18.7. The van der Waals surface area contributed by atoms with Gasteiger partial charge >= 0.3 is 0 Å². The van der Waals surface area contributed by atoms with Crippen molar-refractivity contribution in [1.29, 1.82) is 5.26 Å². The van der Waals surface area contributed by atoms with Gasteiger partial charge in [0.05, 0.1) is 26.8 Å². The van der Waals surface area contributed by atoms with Gasteiger partial charge in [-0.2, -0.15) is 5.26 Å². The SMILES string of the molecule is CCN(CC)C(=O)CN1CCN(C(C#N)(CC)c2ccc(OC)c(OC)c2)CC1. The zero-order chi connectivity index (χ0) is 21.4. The maximum Gasteiger partial charge on any atom is 0.236 e. The number of carbonyl (C=O) groups is 1. The Balaban J connectivity index is 2.15. The van der Waals surface area contributed by atoms with Gasteiger partial charge < -0.3 is 14.4 Å². The fourth-order valence-electron chi connectivity index (χ4n) is 4.07. The Morgan fingerprint density at radius 2 is 1.72 bits per heavy atom. The van der Waals surface area contributed by atoms with Crippen LogP contribution in [-0.4, -0.2) is 80.6 Å². The van der Waals surface area contributed by atoms with Gasteiger partial charge in [-0.1, -0.05) is 13.0 Å². The number of rotatable bonds is 9. The molecule has 1 saturated heterocycles. The van der Waals surface area contributed by atoms with Crippen molar-refractivity contribution in [1.82, 2.24) is 14.7 Å². The van der Waals surface area contributed by atoms with Gasteiger partial charge in [-0.3, -0.25) is 14.6 Å². The summed E-state index contributed by atoms with van der Waals surface area (Å²) >= 11 is 0. The van der Waals surface area contributed by atoms with E-state index in [4.69, 9.17) is 9.47 Å². The van der Waals surface area contributed by atoms with E-state index in [-0.39, 0.29) is 5.91 Å². The van der Waals surface area contributed by atoms with Crippen LogP contribution in [0.3, 0.4) is 0 Å². The fourth-order valence-corrected chi connectivity index (χ4v) is 4.07. The van der Waals surface area contributed by atoms with Gasteiger partial charge in [-0.05, 0) is 38.0 Å². The Bertz CT molecular complexity index is 721. The Labute approximate surface area is 174 Å². The number of hydrogen-bond acceptors (Lipinski definition) is 6. The van der Waals surface area contributed by atoms with E-state index < -0.39 is 5.54 Å². The van der Waals surface area contributed by atoms with Crippen molar-refractivity contribution in [3.63, 3.8) is 0 Å². The van der Waals surface area contributed by atoms with Crippen LogP contribution in [0.2, 0.25) is 0 Å². The average Bonchev–Trinajstić information content (AvgIpc) is 2.76. The Hall–Kier alpha value is -2.30. The maximum atomic E-state index is 12.4. The molecule has 1 aromatic carbocycles. The molecule has 160 valence electrons. The molecule has 1 aromatic rings. The predicted octanol–water partition coefficient (Wildman–Crippen LogP) is 2.32. The van der Waals surface area contributed by atoms with E-state index in [0.29, 0.717) is 24.5 Å². The van der Waals surface area contributed by atoms with Crippen molar-refractivity contribution < 1.29 is 14.3 Å². The van der Waals surface area contributed by atoms with Crippen molar-refractivity contribution in [2.24, 2.45) is 0 Å². The first kappa shape index (κ1) is 23.0. The van der Waals surface area contributed by atoms with Gasteiger partial charge in [0.1, 0.15) is 5.54 Å². The highest BCUT2D eigenvalue weighted by Gasteiger charge is 2.39. The number of amides is 1. The number of benzene rings is 1. The number of nitrogens with zero attached hydrogens (tertiary/aromatic N) is 4. The van der Waals surface area contributed by atoms with Gasteiger partial charge in [0.2, 0.25) is 5.91 Å². The lowest BCUT2D eigenvalue weighted by Gasteiger charge is -2.44. The standard InChI is InChI=1S/C22H34N4O3/c1-6-22(17-23,18-9-10-19(28-4)20(15-18)29-5)26-13-11-24(12-14-26)16-21(27)25(7-2)8-3/h9-10,15H,6-8,11-14,16H2,1-5H3. The molecule has 1 aliphatic rings. The van der Waals surface area contributed by atoms with E-state index in [0.717, 1.165) is 44.8 Å². The first-order valence-electron chi connectivity index (χ1n) is 10.4. The molecule has 0 aromatic heterocycles. The number of likely N-dealkylation sites (N-methyl/N-ethyl adjacent to an activating group) is 1. The molecule has 1 aliphatic heterocycles. The van der Waals surface area contributed by atoms with Crippen molar-refractivity contribution in [2.45, 2.75) is 32.7 Å². The van der Waals surface area contributed by atoms with Crippen LogP contribution in [0.15, 0.2) is 18.2 Å². The lowest BCUT2D eigenvalue weighted by molar-refractivity contribution is -0.132. The van der Waals surface area contributed by atoms with E-state index in [2.05, 4.69) is 15.9 Å². The quantitative estimate of drug-likeness (QED) is 0.631. The highest BCUT2D eigenvalue weighted by Crippen LogP contribution is 2.37. The predicted molar refractivity (Wildman–Crippen MR) is 113 cm³/mol. The third kappa shape index (κ3) is 4.82.